The minimum absolute atomic E-state index is 0.0563. The largest absolute Gasteiger partial charge is 0.495 e. The Morgan fingerprint density at radius 1 is 1.09 bits per heavy atom. The number of ether oxygens (including phenoxy) is 1. The molecule has 0 spiro atoms. The van der Waals surface area contributed by atoms with Gasteiger partial charge in [0.15, 0.2) is 0 Å². The Bertz CT molecular complexity index is 1110. The Hall–Kier alpha value is -2.78. The number of nitrogens with zero attached hydrogens (tertiary/aromatic N) is 2. The number of benzene rings is 2. The Labute approximate surface area is 213 Å². The topological polar surface area (TPSA) is 96.0 Å². The Morgan fingerprint density at radius 3 is 2.26 bits per heavy atom. The van der Waals surface area contributed by atoms with Gasteiger partial charge in [0.2, 0.25) is 21.8 Å². The molecule has 1 N–H and O–H groups in total. The second kappa shape index (κ2) is 12.8. The van der Waals surface area contributed by atoms with Crippen LogP contribution in [0.3, 0.4) is 0 Å². The summed E-state index contributed by atoms with van der Waals surface area (Å²) < 4.78 is 31.5. The number of rotatable bonds is 12. The number of methoxy groups -OCH3 is 1. The lowest BCUT2D eigenvalue weighted by molar-refractivity contribution is -0.140. The smallest absolute Gasteiger partial charge is 0.244 e. The Morgan fingerprint density at radius 2 is 1.74 bits per heavy atom. The van der Waals surface area contributed by atoms with Gasteiger partial charge in [-0.3, -0.25) is 13.9 Å². The average Bonchev–Trinajstić information content (AvgIpc) is 2.82. The van der Waals surface area contributed by atoms with E-state index in [-0.39, 0.29) is 29.2 Å². The second-order valence-corrected chi connectivity index (χ2v) is 10.7. The van der Waals surface area contributed by atoms with Gasteiger partial charge in [0.25, 0.3) is 0 Å². The van der Waals surface area contributed by atoms with Gasteiger partial charge in [-0.25, -0.2) is 8.42 Å². The highest BCUT2D eigenvalue weighted by atomic mass is 35.5. The molecule has 0 radical (unpaired) electrons. The van der Waals surface area contributed by atoms with Crippen LogP contribution in [0.25, 0.3) is 0 Å². The molecular weight excluding hydrogens is 490 g/mol. The van der Waals surface area contributed by atoms with Crippen molar-refractivity contribution in [2.24, 2.45) is 0 Å². The molecule has 0 aliphatic rings. The molecule has 0 aliphatic heterocycles. The van der Waals surface area contributed by atoms with Gasteiger partial charge >= 0.3 is 0 Å². The van der Waals surface area contributed by atoms with E-state index in [1.807, 2.05) is 51.1 Å². The van der Waals surface area contributed by atoms with Crippen molar-refractivity contribution >= 4 is 39.1 Å². The average molecular weight is 524 g/mol. The number of amides is 2. The summed E-state index contributed by atoms with van der Waals surface area (Å²) in [6.45, 7) is 5.35. The van der Waals surface area contributed by atoms with Crippen molar-refractivity contribution in [3.63, 3.8) is 0 Å². The molecule has 0 aliphatic carbocycles. The number of hydrogen-bond donors (Lipinski definition) is 1. The molecule has 0 bridgehead atoms. The highest BCUT2D eigenvalue weighted by molar-refractivity contribution is 7.92. The van der Waals surface area contributed by atoms with Crippen LogP contribution < -0.4 is 14.4 Å². The summed E-state index contributed by atoms with van der Waals surface area (Å²) in [5, 5.41) is 3.16. The summed E-state index contributed by atoms with van der Waals surface area (Å²) in [6, 6.07) is 12.9. The van der Waals surface area contributed by atoms with E-state index >= 15 is 0 Å². The highest BCUT2D eigenvalue weighted by Crippen LogP contribution is 2.30. The molecular formula is C25H34ClN3O5S. The van der Waals surface area contributed by atoms with E-state index in [2.05, 4.69) is 5.32 Å². The number of hydrogen-bond acceptors (Lipinski definition) is 5. The van der Waals surface area contributed by atoms with Crippen molar-refractivity contribution in [1.82, 2.24) is 10.2 Å². The van der Waals surface area contributed by atoms with Crippen molar-refractivity contribution in [1.29, 1.82) is 0 Å². The molecule has 10 heteroatoms. The fraction of sp³-hybridized carbons (Fsp3) is 0.440. The van der Waals surface area contributed by atoms with Crippen LogP contribution in [0, 0.1) is 0 Å². The maximum absolute atomic E-state index is 13.6. The molecule has 0 unspecified atom stereocenters. The number of carbonyl (C=O) groups is 2. The van der Waals surface area contributed by atoms with Crippen molar-refractivity contribution in [2.75, 3.05) is 24.2 Å². The van der Waals surface area contributed by atoms with Crippen LogP contribution in [0.1, 0.15) is 39.2 Å². The van der Waals surface area contributed by atoms with E-state index in [1.165, 1.54) is 30.2 Å². The zero-order chi connectivity index (χ0) is 26.2. The summed E-state index contributed by atoms with van der Waals surface area (Å²) in [6.07, 6.45) is 2.13. The lowest BCUT2D eigenvalue weighted by atomic mass is 10.1. The summed E-state index contributed by atoms with van der Waals surface area (Å²) in [4.78, 5) is 28.1. The molecule has 35 heavy (non-hydrogen) atoms. The molecule has 0 fully saturated rings. The fourth-order valence-corrected chi connectivity index (χ4v) is 4.66. The molecule has 0 saturated carbocycles. The van der Waals surface area contributed by atoms with Gasteiger partial charge < -0.3 is 15.0 Å². The van der Waals surface area contributed by atoms with E-state index in [4.69, 9.17) is 16.3 Å². The van der Waals surface area contributed by atoms with E-state index < -0.39 is 28.5 Å². The highest BCUT2D eigenvalue weighted by Gasteiger charge is 2.32. The summed E-state index contributed by atoms with van der Waals surface area (Å²) in [5.41, 5.74) is 1.05. The fourth-order valence-electron chi connectivity index (χ4n) is 3.56. The molecule has 2 amide bonds. The monoisotopic (exact) mass is 523 g/mol. The molecule has 2 aromatic carbocycles. The summed E-state index contributed by atoms with van der Waals surface area (Å²) >= 11 is 6.21. The number of anilines is 1. The summed E-state index contributed by atoms with van der Waals surface area (Å²) in [5.74, 6) is -0.393. The SMILES string of the molecule is CC[C@H](C(=O)N[C@@H](C)CC)N(Cc1ccccc1)C(=O)CN(c1ccc(OC)c(Cl)c1)S(C)(=O)=O. The number of halogens is 1. The molecule has 0 heterocycles. The number of sulfonamides is 1. The third-order valence-corrected chi connectivity index (χ3v) is 7.12. The van der Waals surface area contributed by atoms with Crippen molar-refractivity contribution < 1.29 is 22.7 Å². The van der Waals surface area contributed by atoms with E-state index in [9.17, 15) is 18.0 Å². The van der Waals surface area contributed by atoms with Crippen molar-refractivity contribution in [3.8, 4) is 5.75 Å². The Balaban J connectivity index is 2.44. The predicted molar refractivity (Wildman–Crippen MR) is 139 cm³/mol. The second-order valence-electron chi connectivity index (χ2n) is 8.34. The van der Waals surface area contributed by atoms with Crippen molar-refractivity contribution in [3.05, 3.63) is 59.1 Å². The molecule has 2 rings (SSSR count). The van der Waals surface area contributed by atoms with Gasteiger partial charge in [-0.15, -0.1) is 0 Å². The first kappa shape index (κ1) is 28.5. The van der Waals surface area contributed by atoms with Crippen LogP contribution in [-0.4, -0.2) is 57.1 Å². The predicted octanol–water partition coefficient (Wildman–Crippen LogP) is 3.84. The van der Waals surface area contributed by atoms with Gasteiger partial charge in [0.1, 0.15) is 18.3 Å². The quantitative estimate of drug-likeness (QED) is 0.456. The van der Waals surface area contributed by atoms with E-state index in [1.54, 1.807) is 0 Å². The van der Waals surface area contributed by atoms with Crippen molar-refractivity contribution in [2.45, 2.75) is 52.2 Å². The summed E-state index contributed by atoms with van der Waals surface area (Å²) in [7, 11) is -2.39. The zero-order valence-electron chi connectivity index (χ0n) is 20.8. The number of carbonyl (C=O) groups excluding carboxylic acids is 2. The lowest BCUT2D eigenvalue weighted by Gasteiger charge is -2.33. The van der Waals surface area contributed by atoms with E-state index in [0.29, 0.717) is 12.2 Å². The van der Waals surface area contributed by atoms with Gasteiger partial charge in [-0.05, 0) is 43.5 Å². The maximum Gasteiger partial charge on any atom is 0.244 e. The lowest BCUT2D eigenvalue weighted by Crippen LogP contribution is -2.53. The zero-order valence-corrected chi connectivity index (χ0v) is 22.4. The van der Waals surface area contributed by atoms with Gasteiger partial charge in [0.05, 0.1) is 24.1 Å². The molecule has 2 aromatic rings. The first-order valence-electron chi connectivity index (χ1n) is 11.5. The first-order chi connectivity index (χ1) is 16.5. The molecule has 2 atom stereocenters. The van der Waals surface area contributed by atoms with Gasteiger partial charge in [-0.1, -0.05) is 55.8 Å². The normalized spacial score (nSPS) is 13.0. The van der Waals surface area contributed by atoms with Gasteiger partial charge in [0, 0.05) is 12.6 Å². The van der Waals surface area contributed by atoms with Crippen LogP contribution in [0.5, 0.6) is 5.75 Å². The van der Waals surface area contributed by atoms with Crippen LogP contribution >= 0.6 is 11.6 Å². The molecule has 192 valence electrons. The van der Waals surface area contributed by atoms with Crippen LogP contribution in [0.15, 0.2) is 48.5 Å². The molecule has 0 aromatic heterocycles. The minimum atomic E-state index is -3.85. The first-order valence-corrected chi connectivity index (χ1v) is 13.7. The van der Waals surface area contributed by atoms with Gasteiger partial charge in [-0.2, -0.15) is 0 Å². The van der Waals surface area contributed by atoms with Crippen LogP contribution in [-0.2, 0) is 26.2 Å². The third-order valence-electron chi connectivity index (χ3n) is 5.69. The molecule has 0 saturated heterocycles. The van der Waals surface area contributed by atoms with Crippen LogP contribution in [0.4, 0.5) is 5.69 Å². The maximum atomic E-state index is 13.6. The minimum Gasteiger partial charge on any atom is -0.495 e. The standard InChI is InChI=1S/C25H34ClN3O5S/c1-6-18(3)27-25(31)22(7-2)28(16-19-11-9-8-10-12-19)24(30)17-29(35(5,32)33)20-13-14-23(34-4)21(26)15-20/h8-15,18,22H,6-7,16-17H2,1-5H3,(H,27,31)/t18-,22+/m0/s1. The molecule has 8 nitrogen and oxygen atoms in total. The number of nitrogens with one attached hydrogen (secondary N) is 1. The third kappa shape index (κ3) is 7.86. The van der Waals surface area contributed by atoms with E-state index in [0.717, 1.165) is 22.5 Å². The van der Waals surface area contributed by atoms with Crippen LogP contribution in [0.2, 0.25) is 5.02 Å². The Kier molecular flexibility index (Phi) is 10.4.